The quantitative estimate of drug-likeness (QED) is 0.479. The minimum Gasteiger partial charge on any atom is -0.482 e. The number of nitrogens with one attached hydrogen (secondary N) is 1. The SMILES string of the molecule is Cc1ccc(CN2C(=O)COc3ccc(NC(=O)c4cc5ccccc5oc4=O)cc32)cc1. The molecule has 33 heavy (non-hydrogen) atoms. The van der Waals surface area contributed by atoms with Gasteiger partial charge in [0.15, 0.2) is 6.61 Å². The van der Waals surface area contributed by atoms with Gasteiger partial charge in [-0.15, -0.1) is 0 Å². The summed E-state index contributed by atoms with van der Waals surface area (Å²) in [5.74, 6) is -0.228. The van der Waals surface area contributed by atoms with E-state index >= 15 is 0 Å². The van der Waals surface area contributed by atoms with Gasteiger partial charge in [-0.1, -0.05) is 48.0 Å². The van der Waals surface area contributed by atoms with Crippen LogP contribution in [0.15, 0.2) is 82.0 Å². The van der Waals surface area contributed by atoms with Crippen LogP contribution in [-0.2, 0) is 11.3 Å². The van der Waals surface area contributed by atoms with Gasteiger partial charge < -0.3 is 19.4 Å². The molecule has 4 aromatic rings. The van der Waals surface area contributed by atoms with Crippen LogP contribution in [0, 0.1) is 6.92 Å². The third-order valence-electron chi connectivity index (χ3n) is 5.51. The molecule has 1 aliphatic heterocycles. The monoisotopic (exact) mass is 440 g/mol. The highest BCUT2D eigenvalue weighted by atomic mass is 16.5. The molecule has 0 saturated carbocycles. The zero-order valence-corrected chi connectivity index (χ0v) is 17.8. The number of hydrogen-bond acceptors (Lipinski definition) is 5. The van der Waals surface area contributed by atoms with Crippen molar-refractivity contribution in [3.63, 3.8) is 0 Å². The molecule has 7 heteroatoms. The molecular formula is C26H20N2O5. The van der Waals surface area contributed by atoms with Gasteiger partial charge in [-0.25, -0.2) is 4.79 Å². The molecule has 0 aliphatic carbocycles. The van der Waals surface area contributed by atoms with E-state index in [1.54, 1.807) is 47.4 Å². The van der Waals surface area contributed by atoms with Gasteiger partial charge in [-0.3, -0.25) is 9.59 Å². The van der Waals surface area contributed by atoms with Gasteiger partial charge in [-0.05, 0) is 42.8 Å². The summed E-state index contributed by atoms with van der Waals surface area (Å²) >= 11 is 0. The van der Waals surface area contributed by atoms with Gasteiger partial charge in [-0.2, -0.15) is 0 Å². The molecule has 2 amide bonds. The van der Waals surface area contributed by atoms with E-state index in [2.05, 4.69) is 5.32 Å². The molecule has 0 saturated heterocycles. The first kappa shape index (κ1) is 20.5. The first-order valence-corrected chi connectivity index (χ1v) is 10.4. The summed E-state index contributed by atoms with van der Waals surface area (Å²) in [6.07, 6.45) is 0. The van der Waals surface area contributed by atoms with Crippen LogP contribution >= 0.6 is 0 Å². The molecule has 1 aromatic heterocycles. The Labute approximate surface area is 189 Å². The number of aryl methyl sites for hydroxylation is 1. The van der Waals surface area contributed by atoms with E-state index in [4.69, 9.17) is 9.15 Å². The molecule has 2 heterocycles. The summed E-state index contributed by atoms with van der Waals surface area (Å²) < 4.78 is 10.8. The van der Waals surface area contributed by atoms with E-state index in [9.17, 15) is 14.4 Å². The summed E-state index contributed by atoms with van der Waals surface area (Å²) in [5, 5.41) is 3.38. The van der Waals surface area contributed by atoms with E-state index in [1.807, 2.05) is 31.2 Å². The van der Waals surface area contributed by atoms with E-state index in [0.29, 0.717) is 34.6 Å². The molecule has 5 rings (SSSR count). The minimum absolute atomic E-state index is 0.0529. The molecule has 0 atom stereocenters. The second-order valence-corrected chi connectivity index (χ2v) is 7.88. The fraction of sp³-hybridized carbons (Fsp3) is 0.115. The van der Waals surface area contributed by atoms with E-state index in [0.717, 1.165) is 11.1 Å². The highest BCUT2D eigenvalue weighted by Crippen LogP contribution is 2.35. The fourth-order valence-corrected chi connectivity index (χ4v) is 3.75. The highest BCUT2D eigenvalue weighted by Gasteiger charge is 2.26. The third-order valence-corrected chi connectivity index (χ3v) is 5.51. The van der Waals surface area contributed by atoms with Crippen molar-refractivity contribution in [3.05, 3.63) is 99.9 Å². The Morgan fingerprint density at radius 2 is 1.79 bits per heavy atom. The number of rotatable bonds is 4. The van der Waals surface area contributed by atoms with Gasteiger partial charge in [0.05, 0.1) is 12.2 Å². The highest BCUT2D eigenvalue weighted by molar-refractivity contribution is 6.06. The standard InChI is InChI=1S/C26H20N2O5/c1-16-6-8-17(9-7-16)14-28-21-13-19(10-11-23(21)32-15-24(28)29)27-25(30)20-12-18-4-2-3-5-22(18)33-26(20)31/h2-13H,14-15H2,1H3,(H,27,30). The van der Waals surface area contributed by atoms with Crippen LogP contribution in [0.5, 0.6) is 5.75 Å². The van der Waals surface area contributed by atoms with Crippen molar-refractivity contribution in [2.75, 3.05) is 16.8 Å². The number of anilines is 2. The van der Waals surface area contributed by atoms with E-state index in [1.165, 1.54) is 6.07 Å². The predicted molar refractivity (Wildman–Crippen MR) is 125 cm³/mol. The van der Waals surface area contributed by atoms with Crippen molar-refractivity contribution in [1.29, 1.82) is 0 Å². The smallest absolute Gasteiger partial charge is 0.349 e. The second kappa shape index (κ2) is 8.27. The van der Waals surface area contributed by atoms with Gasteiger partial charge in [0, 0.05) is 11.1 Å². The maximum atomic E-state index is 12.8. The number of fused-ring (bicyclic) bond motifs is 2. The summed E-state index contributed by atoms with van der Waals surface area (Å²) in [6, 6.07) is 21.5. The molecule has 0 spiro atoms. The van der Waals surface area contributed by atoms with Crippen LogP contribution in [0.25, 0.3) is 11.0 Å². The average molecular weight is 440 g/mol. The maximum Gasteiger partial charge on any atom is 0.349 e. The van der Waals surface area contributed by atoms with Gasteiger partial charge in [0.2, 0.25) is 0 Å². The molecule has 7 nitrogen and oxygen atoms in total. The lowest BCUT2D eigenvalue weighted by atomic mass is 10.1. The largest absolute Gasteiger partial charge is 0.482 e. The number of benzene rings is 3. The Morgan fingerprint density at radius 3 is 2.61 bits per heavy atom. The van der Waals surface area contributed by atoms with Crippen LogP contribution < -0.4 is 20.6 Å². The van der Waals surface area contributed by atoms with Crippen LogP contribution in [0.2, 0.25) is 0 Å². The molecule has 0 unspecified atom stereocenters. The Balaban J connectivity index is 1.44. The number of para-hydroxylation sites is 1. The van der Waals surface area contributed by atoms with Crippen molar-refractivity contribution in [2.45, 2.75) is 13.5 Å². The third kappa shape index (κ3) is 4.08. The van der Waals surface area contributed by atoms with Crippen molar-refractivity contribution < 1.29 is 18.7 Å². The summed E-state index contributed by atoms with van der Waals surface area (Å²) in [5.41, 5.74) is 2.68. The summed E-state index contributed by atoms with van der Waals surface area (Å²) in [7, 11) is 0. The zero-order valence-electron chi connectivity index (χ0n) is 17.8. The first-order chi connectivity index (χ1) is 16.0. The van der Waals surface area contributed by atoms with Crippen molar-refractivity contribution in [1.82, 2.24) is 0 Å². The lowest BCUT2D eigenvalue weighted by Gasteiger charge is -2.30. The van der Waals surface area contributed by atoms with Gasteiger partial charge in [0.1, 0.15) is 16.9 Å². The van der Waals surface area contributed by atoms with E-state index < -0.39 is 11.5 Å². The number of carbonyl (C=O) groups excluding carboxylic acids is 2. The Bertz CT molecular complexity index is 1440. The van der Waals surface area contributed by atoms with Gasteiger partial charge in [0.25, 0.3) is 11.8 Å². The summed E-state index contributed by atoms with van der Waals surface area (Å²) in [6.45, 7) is 2.33. The number of amides is 2. The molecule has 0 radical (unpaired) electrons. The molecule has 3 aromatic carbocycles. The van der Waals surface area contributed by atoms with Crippen molar-refractivity contribution >= 4 is 34.2 Å². The molecule has 1 N–H and O–H groups in total. The number of ether oxygens (including phenoxy) is 1. The zero-order chi connectivity index (χ0) is 22.9. The minimum atomic E-state index is -0.719. The Kier molecular flexibility index (Phi) is 5.14. The van der Waals surface area contributed by atoms with Gasteiger partial charge >= 0.3 is 5.63 Å². The second-order valence-electron chi connectivity index (χ2n) is 7.88. The van der Waals surface area contributed by atoms with Crippen molar-refractivity contribution in [3.8, 4) is 5.75 Å². The lowest BCUT2D eigenvalue weighted by molar-refractivity contribution is -0.121. The number of hydrogen-bond donors (Lipinski definition) is 1. The lowest BCUT2D eigenvalue weighted by Crippen LogP contribution is -2.38. The molecule has 164 valence electrons. The summed E-state index contributed by atoms with van der Waals surface area (Å²) in [4.78, 5) is 39.4. The van der Waals surface area contributed by atoms with E-state index in [-0.39, 0.29) is 18.1 Å². The molecule has 1 aliphatic rings. The molecular weight excluding hydrogens is 420 g/mol. The van der Waals surface area contributed by atoms with Crippen molar-refractivity contribution in [2.24, 2.45) is 0 Å². The number of nitrogens with zero attached hydrogens (tertiary/aromatic N) is 1. The maximum absolute atomic E-state index is 12.8. The Hall–Kier alpha value is -4.39. The predicted octanol–water partition coefficient (Wildman–Crippen LogP) is 4.28. The number of carbonyl (C=O) groups is 2. The Morgan fingerprint density at radius 1 is 1.00 bits per heavy atom. The topological polar surface area (TPSA) is 88.8 Å². The molecule has 0 bridgehead atoms. The average Bonchev–Trinajstić information content (AvgIpc) is 2.81. The normalized spacial score (nSPS) is 12.9. The first-order valence-electron chi connectivity index (χ1n) is 10.4. The fourth-order valence-electron chi connectivity index (χ4n) is 3.75. The van der Waals surface area contributed by atoms with Crippen LogP contribution in [0.1, 0.15) is 21.5 Å². The van der Waals surface area contributed by atoms with Crippen LogP contribution in [0.3, 0.4) is 0 Å². The van der Waals surface area contributed by atoms with Crippen LogP contribution in [-0.4, -0.2) is 18.4 Å². The molecule has 0 fully saturated rings. The van der Waals surface area contributed by atoms with Crippen LogP contribution in [0.4, 0.5) is 11.4 Å².